The van der Waals surface area contributed by atoms with Gasteiger partial charge in [-0.3, -0.25) is 0 Å². The van der Waals surface area contributed by atoms with Crippen LogP contribution in [0.5, 0.6) is 0 Å². The van der Waals surface area contributed by atoms with Crippen LogP contribution >= 0.6 is 54.8 Å². The first-order valence-corrected chi connectivity index (χ1v) is 7.32. The number of benzene rings is 1. The number of alkyl halides is 1. The van der Waals surface area contributed by atoms with E-state index in [2.05, 4.69) is 31.9 Å². The summed E-state index contributed by atoms with van der Waals surface area (Å²) >= 11 is 14.3. The smallest absolute Gasteiger partial charge is 0.123 e. The fourth-order valence-corrected chi connectivity index (χ4v) is 3.98. The second-order valence-electron chi connectivity index (χ2n) is 3.17. The Hall–Kier alpha value is 0.1000. The van der Waals surface area contributed by atoms with Crippen LogP contribution in [0.2, 0.25) is 4.34 Å². The molecule has 0 nitrogen and oxygen atoms in total. The summed E-state index contributed by atoms with van der Waals surface area (Å²) in [6.45, 7) is 0. The highest BCUT2D eigenvalue weighted by atomic mass is 79.9. The first-order valence-electron chi connectivity index (χ1n) is 4.42. The lowest BCUT2D eigenvalue weighted by molar-refractivity contribution is 0.625. The van der Waals surface area contributed by atoms with Crippen LogP contribution in [-0.2, 0) is 0 Å². The highest BCUT2D eigenvalue weighted by Crippen LogP contribution is 2.39. The van der Waals surface area contributed by atoms with E-state index in [0.29, 0.717) is 0 Å². The summed E-state index contributed by atoms with van der Waals surface area (Å²) in [7, 11) is 0. The molecule has 0 spiro atoms. The Morgan fingerprint density at radius 1 is 1.25 bits per heavy atom. The molecule has 0 aliphatic carbocycles. The molecule has 1 aromatic carbocycles. The largest absolute Gasteiger partial charge is 0.207 e. The van der Waals surface area contributed by atoms with E-state index in [1.165, 1.54) is 23.5 Å². The quantitative estimate of drug-likeness (QED) is 0.575. The number of hydrogen-bond acceptors (Lipinski definition) is 1. The van der Waals surface area contributed by atoms with Crippen molar-refractivity contribution in [3.05, 3.63) is 55.4 Å². The number of thiophene rings is 1. The van der Waals surface area contributed by atoms with Gasteiger partial charge in [0.15, 0.2) is 0 Å². The standard InChI is InChI=1S/C11H6Br2ClFS/c12-8-2-1-6(15)5-7(8)11(13)9-3-4-10(14)16-9/h1-5,11H. The zero-order valence-corrected chi connectivity index (χ0v) is 12.6. The Balaban J connectivity index is 2.40. The van der Waals surface area contributed by atoms with Crippen LogP contribution in [0.1, 0.15) is 15.3 Å². The first-order chi connectivity index (χ1) is 7.58. The van der Waals surface area contributed by atoms with Crippen LogP contribution in [-0.4, -0.2) is 0 Å². The monoisotopic (exact) mass is 382 g/mol. The second-order valence-corrected chi connectivity index (χ2v) is 6.69. The molecule has 2 rings (SSSR count). The van der Waals surface area contributed by atoms with E-state index in [9.17, 15) is 4.39 Å². The molecular weight excluding hydrogens is 378 g/mol. The Kier molecular flexibility index (Phi) is 4.06. The van der Waals surface area contributed by atoms with Gasteiger partial charge in [-0.15, -0.1) is 11.3 Å². The van der Waals surface area contributed by atoms with Gasteiger partial charge in [0.05, 0.1) is 9.16 Å². The zero-order valence-electron chi connectivity index (χ0n) is 7.88. The van der Waals surface area contributed by atoms with E-state index >= 15 is 0 Å². The van der Waals surface area contributed by atoms with Crippen LogP contribution in [0.25, 0.3) is 0 Å². The molecule has 1 unspecified atom stereocenters. The molecular formula is C11H6Br2ClFS. The Morgan fingerprint density at radius 3 is 2.62 bits per heavy atom. The molecule has 0 amide bonds. The van der Waals surface area contributed by atoms with Crippen molar-refractivity contribution in [2.75, 3.05) is 0 Å². The normalized spacial score (nSPS) is 12.8. The predicted octanol–water partition coefficient (Wildman–Crippen LogP) is 5.79. The van der Waals surface area contributed by atoms with Gasteiger partial charge in [0, 0.05) is 9.35 Å². The second kappa shape index (κ2) is 5.17. The fourth-order valence-electron chi connectivity index (χ4n) is 1.33. The summed E-state index contributed by atoms with van der Waals surface area (Å²) in [4.78, 5) is 1.01. The molecule has 0 N–H and O–H groups in total. The van der Waals surface area contributed by atoms with Crippen LogP contribution in [0, 0.1) is 5.82 Å². The van der Waals surface area contributed by atoms with Crippen LogP contribution in [0.3, 0.4) is 0 Å². The van der Waals surface area contributed by atoms with Crippen molar-refractivity contribution in [1.82, 2.24) is 0 Å². The predicted molar refractivity (Wildman–Crippen MR) is 74.2 cm³/mol. The van der Waals surface area contributed by atoms with Gasteiger partial charge in [-0.25, -0.2) is 4.39 Å². The Morgan fingerprint density at radius 2 is 2.00 bits per heavy atom. The molecule has 5 heteroatoms. The lowest BCUT2D eigenvalue weighted by Crippen LogP contribution is -1.92. The molecule has 0 aliphatic heterocycles. The molecule has 1 heterocycles. The molecule has 84 valence electrons. The lowest BCUT2D eigenvalue weighted by Gasteiger charge is -2.10. The van der Waals surface area contributed by atoms with Crippen molar-refractivity contribution in [3.8, 4) is 0 Å². The molecule has 0 bridgehead atoms. The van der Waals surface area contributed by atoms with E-state index in [1.807, 2.05) is 12.1 Å². The summed E-state index contributed by atoms with van der Waals surface area (Å²) in [5.74, 6) is -0.245. The van der Waals surface area contributed by atoms with Crippen molar-refractivity contribution in [1.29, 1.82) is 0 Å². The first kappa shape index (κ1) is 12.6. The van der Waals surface area contributed by atoms with E-state index in [0.717, 1.165) is 19.2 Å². The van der Waals surface area contributed by atoms with Gasteiger partial charge in [0.1, 0.15) is 5.82 Å². The summed E-state index contributed by atoms with van der Waals surface area (Å²) in [5, 5.41) is 0. The average Bonchev–Trinajstić information content (AvgIpc) is 2.67. The maximum atomic E-state index is 13.2. The van der Waals surface area contributed by atoms with Crippen molar-refractivity contribution < 1.29 is 4.39 Å². The third kappa shape index (κ3) is 2.67. The van der Waals surface area contributed by atoms with Crippen molar-refractivity contribution >= 4 is 54.8 Å². The molecule has 2 aromatic rings. The van der Waals surface area contributed by atoms with E-state index in [1.54, 1.807) is 6.07 Å². The number of hydrogen-bond donors (Lipinski definition) is 0. The molecule has 16 heavy (non-hydrogen) atoms. The van der Waals surface area contributed by atoms with Crippen LogP contribution in [0.4, 0.5) is 4.39 Å². The summed E-state index contributed by atoms with van der Waals surface area (Å²) < 4.78 is 14.8. The molecule has 0 fully saturated rings. The lowest BCUT2D eigenvalue weighted by atomic mass is 10.1. The molecule has 1 atom stereocenters. The minimum atomic E-state index is -0.245. The van der Waals surface area contributed by atoms with Crippen molar-refractivity contribution in [2.24, 2.45) is 0 Å². The minimum Gasteiger partial charge on any atom is -0.207 e. The third-order valence-electron chi connectivity index (χ3n) is 2.07. The summed E-state index contributed by atoms with van der Waals surface area (Å²) in [6, 6.07) is 8.41. The van der Waals surface area contributed by atoms with Crippen LogP contribution < -0.4 is 0 Å². The van der Waals surface area contributed by atoms with Gasteiger partial charge in [0.2, 0.25) is 0 Å². The van der Waals surface area contributed by atoms with Crippen molar-refractivity contribution in [2.45, 2.75) is 4.83 Å². The van der Waals surface area contributed by atoms with Gasteiger partial charge in [0.25, 0.3) is 0 Å². The third-order valence-corrected chi connectivity index (χ3v) is 5.38. The highest BCUT2D eigenvalue weighted by molar-refractivity contribution is 9.11. The zero-order chi connectivity index (χ0) is 11.7. The van der Waals surface area contributed by atoms with Gasteiger partial charge in [-0.2, -0.15) is 0 Å². The average molecular weight is 384 g/mol. The number of rotatable bonds is 2. The van der Waals surface area contributed by atoms with Gasteiger partial charge in [-0.1, -0.05) is 43.5 Å². The van der Waals surface area contributed by atoms with Crippen molar-refractivity contribution in [3.63, 3.8) is 0 Å². The van der Waals surface area contributed by atoms with Crippen LogP contribution in [0.15, 0.2) is 34.8 Å². The molecule has 1 aromatic heterocycles. The highest BCUT2D eigenvalue weighted by Gasteiger charge is 2.16. The Labute approximate surface area is 119 Å². The van der Waals surface area contributed by atoms with Gasteiger partial charge >= 0.3 is 0 Å². The van der Waals surface area contributed by atoms with E-state index < -0.39 is 0 Å². The fraction of sp³-hybridized carbons (Fsp3) is 0.0909. The molecule has 0 saturated heterocycles. The van der Waals surface area contributed by atoms with Gasteiger partial charge in [-0.05, 0) is 35.9 Å². The maximum absolute atomic E-state index is 13.2. The Bertz CT molecular complexity index is 512. The molecule has 0 aliphatic rings. The summed E-state index contributed by atoms with van der Waals surface area (Å²) in [5.41, 5.74) is 0.860. The molecule has 0 saturated carbocycles. The minimum absolute atomic E-state index is 0.0462. The topological polar surface area (TPSA) is 0 Å². The van der Waals surface area contributed by atoms with E-state index in [4.69, 9.17) is 11.6 Å². The number of halogens is 4. The SMILES string of the molecule is Fc1ccc(Br)c(C(Br)c2ccc(Cl)s2)c1. The summed E-state index contributed by atoms with van der Waals surface area (Å²) in [6.07, 6.45) is 0. The van der Waals surface area contributed by atoms with Gasteiger partial charge < -0.3 is 0 Å². The van der Waals surface area contributed by atoms with E-state index in [-0.39, 0.29) is 10.6 Å². The maximum Gasteiger partial charge on any atom is 0.123 e. The molecule has 0 radical (unpaired) electrons.